The Bertz CT molecular complexity index is 309. The molecule has 1 aliphatic carbocycles. The monoisotopic (exact) mass is 206 g/mol. The maximum Gasteiger partial charge on any atom is 0.224 e. The number of hydrogen-bond donors (Lipinski definition) is 2. The summed E-state index contributed by atoms with van der Waals surface area (Å²) in [6, 6.07) is 2.56. The summed E-state index contributed by atoms with van der Waals surface area (Å²) in [5, 5.41) is 6.57. The van der Waals surface area contributed by atoms with Crippen molar-refractivity contribution in [2.75, 3.05) is 17.2 Å². The van der Waals surface area contributed by atoms with Crippen molar-refractivity contribution in [1.29, 1.82) is 0 Å². The molecule has 1 heterocycles. The van der Waals surface area contributed by atoms with Crippen LogP contribution in [0.1, 0.15) is 32.6 Å². The maximum absolute atomic E-state index is 4.39. The highest BCUT2D eigenvalue weighted by Crippen LogP contribution is 2.23. The van der Waals surface area contributed by atoms with Crippen molar-refractivity contribution in [3.8, 4) is 0 Å². The first kappa shape index (κ1) is 10.2. The van der Waals surface area contributed by atoms with Gasteiger partial charge in [0.05, 0.1) is 0 Å². The molecular formula is C11H18N4. The third kappa shape index (κ3) is 3.38. The van der Waals surface area contributed by atoms with Crippen LogP contribution in [0.25, 0.3) is 0 Å². The van der Waals surface area contributed by atoms with Gasteiger partial charge in [0.25, 0.3) is 0 Å². The van der Waals surface area contributed by atoms with Gasteiger partial charge in [-0.25, -0.2) is 4.98 Å². The molecule has 0 unspecified atom stereocenters. The Morgan fingerprint density at radius 3 is 3.07 bits per heavy atom. The van der Waals surface area contributed by atoms with Crippen molar-refractivity contribution in [2.24, 2.45) is 0 Å². The average molecular weight is 206 g/mol. The molecule has 2 N–H and O–H groups in total. The number of aromatic nitrogens is 2. The number of nitrogens with one attached hydrogen (secondary N) is 2. The Morgan fingerprint density at radius 2 is 2.33 bits per heavy atom. The molecule has 0 aliphatic heterocycles. The van der Waals surface area contributed by atoms with Gasteiger partial charge in [0.2, 0.25) is 5.95 Å². The van der Waals surface area contributed by atoms with E-state index in [1.165, 1.54) is 19.3 Å². The lowest BCUT2D eigenvalue weighted by molar-refractivity contribution is 0.826. The Hall–Kier alpha value is -1.32. The van der Waals surface area contributed by atoms with E-state index in [9.17, 15) is 0 Å². The zero-order valence-electron chi connectivity index (χ0n) is 9.16. The van der Waals surface area contributed by atoms with Crippen LogP contribution in [0.3, 0.4) is 0 Å². The number of rotatable bonds is 6. The van der Waals surface area contributed by atoms with Crippen molar-refractivity contribution >= 4 is 11.8 Å². The van der Waals surface area contributed by atoms with E-state index in [1.807, 2.05) is 6.07 Å². The van der Waals surface area contributed by atoms with Crippen LogP contribution >= 0.6 is 0 Å². The normalized spacial score (nSPS) is 15.0. The van der Waals surface area contributed by atoms with Gasteiger partial charge in [-0.15, -0.1) is 0 Å². The van der Waals surface area contributed by atoms with Crippen molar-refractivity contribution < 1.29 is 0 Å². The SMILES string of the molecule is CCCCNc1nccc(NC2CC2)n1. The lowest BCUT2D eigenvalue weighted by atomic mass is 10.3. The summed E-state index contributed by atoms with van der Waals surface area (Å²) >= 11 is 0. The van der Waals surface area contributed by atoms with Gasteiger partial charge in [0.15, 0.2) is 0 Å². The first-order valence-corrected chi connectivity index (χ1v) is 5.72. The predicted octanol–water partition coefficient (Wildman–Crippen LogP) is 2.26. The van der Waals surface area contributed by atoms with Crippen LogP contribution in [0.2, 0.25) is 0 Å². The van der Waals surface area contributed by atoms with E-state index in [4.69, 9.17) is 0 Å². The summed E-state index contributed by atoms with van der Waals surface area (Å²) in [5.74, 6) is 1.67. The molecule has 1 aliphatic rings. The Balaban J connectivity index is 1.86. The van der Waals surface area contributed by atoms with E-state index in [0.717, 1.165) is 24.7 Å². The first-order chi connectivity index (χ1) is 7.38. The highest BCUT2D eigenvalue weighted by molar-refractivity contribution is 5.41. The van der Waals surface area contributed by atoms with Gasteiger partial charge in [-0.1, -0.05) is 13.3 Å². The number of anilines is 2. The molecule has 1 fully saturated rings. The summed E-state index contributed by atoms with van der Waals surface area (Å²) < 4.78 is 0. The molecule has 0 bridgehead atoms. The number of hydrogen-bond acceptors (Lipinski definition) is 4. The Morgan fingerprint density at radius 1 is 1.47 bits per heavy atom. The first-order valence-electron chi connectivity index (χ1n) is 5.72. The molecule has 1 aromatic heterocycles. The van der Waals surface area contributed by atoms with E-state index in [0.29, 0.717) is 6.04 Å². The van der Waals surface area contributed by atoms with Crippen LogP contribution < -0.4 is 10.6 Å². The molecule has 0 saturated heterocycles. The molecule has 15 heavy (non-hydrogen) atoms. The van der Waals surface area contributed by atoms with Crippen LogP contribution in [0.4, 0.5) is 11.8 Å². The van der Waals surface area contributed by atoms with Gasteiger partial charge in [-0.3, -0.25) is 0 Å². The van der Waals surface area contributed by atoms with Gasteiger partial charge < -0.3 is 10.6 Å². The molecule has 0 amide bonds. The van der Waals surface area contributed by atoms with Crippen LogP contribution in [-0.2, 0) is 0 Å². The molecule has 0 aromatic carbocycles. The molecule has 0 atom stereocenters. The van der Waals surface area contributed by atoms with Crippen molar-refractivity contribution in [2.45, 2.75) is 38.6 Å². The fraction of sp³-hybridized carbons (Fsp3) is 0.636. The third-order valence-electron chi connectivity index (χ3n) is 2.40. The third-order valence-corrected chi connectivity index (χ3v) is 2.40. The largest absolute Gasteiger partial charge is 0.367 e. The minimum absolute atomic E-state index is 0.642. The molecule has 0 spiro atoms. The topological polar surface area (TPSA) is 49.8 Å². The van der Waals surface area contributed by atoms with Gasteiger partial charge in [0, 0.05) is 18.8 Å². The van der Waals surface area contributed by atoms with E-state index in [2.05, 4.69) is 27.5 Å². The van der Waals surface area contributed by atoms with Crippen LogP contribution in [0.15, 0.2) is 12.3 Å². The minimum atomic E-state index is 0.642. The molecule has 0 radical (unpaired) electrons. The van der Waals surface area contributed by atoms with Gasteiger partial charge in [-0.05, 0) is 25.3 Å². The quantitative estimate of drug-likeness (QED) is 0.701. The lowest BCUT2D eigenvalue weighted by Gasteiger charge is -2.06. The molecule has 4 heteroatoms. The van der Waals surface area contributed by atoms with Crippen molar-refractivity contribution in [3.63, 3.8) is 0 Å². The molecule has 2 rings (SSSR count). The van der Waals surface area contributed by atoms with E-state index >= 15 is 0 Å². The van der Waals surface area contributed by atoms with Crippen molar-refractivity contribution in [1.82, 2.24) is 9.97 Å². The summed E-state index contributed by atoms with van der Waals surface area (Å²) in [4.78, 5) is 8.57. The smallest absolute Gasteiger partial charge is 0.224 e. The molecule has 1 saturated carbocycles. The number of unbranched alkanes of at least 4 members (excludes halogenated alkanes) is 1. The van der Waals surface area contributed by atoms with Crippen LogP contribution in [-0.4, -0.2) is 22.6 Å². The van der Waals surface area contributed by atoms with Gasteiger partial charge >= 0.3 is 0 Å². The maximum atomic E-state index is 4.39. The zero-order valence-corrected chi connectivity index (χ0v) is 9.16. The zero-order chi connectivity index (χ0) is 10.5. The van der Waals surface area contributed by atoms with Crippen LogP contribution in [0.5, 0.6) is 0 Å². The summed E-state index contributed by atoms with van der Waals surface area (Å²) in [6.45, 7) is 3.12. The summed E-state index contributed by atoms with van der Waals surface area (Å²) in [6.07, 6.45) is 6.67. The standard InChI is InChI=1S/C11H18N4/c1-2-3-7-12-11-13-8-6-10(15-11)14-9-4-5-9/h6,8-9H,2-5,7H2,1H3,(H2,12,13,14,15). The summed E-state index contributed by atoms with van der Waals surface area (Å²) in [7, 11) is 0. The van der Waals surface area contributed by atoms with E-state index in [1.54, 1.807) is 6.20 Å². The summed E-state index contributed by atoms with van der Waals surface area (Å²) in [5.41, 5.74) is 0. The molecule has 4 nitrogen and oxygen atoms in total. The highest BCUT2D eigenvalue weighted by atomic mass is 15.1. The number of nitrogens with zero attached hydrogens (tertiary/aromatic N) is 2. The minimum Gasteiger partial charge on any atom is -0.367 e. The van der Waals surface area contributed by atoms with E-state index < -0.39 is 0 Å². The molecule has 1 aromatic rings. The fourth-order valence-electron chi connectivity index (χ4n) is 1.34. The molecule has 82 valence electrons. The highest BCUT2D eigenvalue weighted by Gasteiger charge is 2.21. The van der Waals surface area contributed by atoms with Crippen molar-refractivity contribution in [3.05, 3.63) is 12.3 Å². The van der Waals surface area contributed by atoms with Gasteiger partial charge in [-0.2, -0.15) is 4.98 Å². The second-order valence-electron chi connectivity index (χ2n) is 3.96. The Labute approximate surface area is 90.5 Å². The lowest BCUT2D eigenvalue weighted by Crippen LogP contribution is -2.08. The second-order valence-corrected chi connectivity index (χ2v) is 3.96. The second kappa shape index (κ2) is 4.96. The average Bonchev–Trinajstić information content (AvgIpc) is 3.03. The van der Waals surface area contributed by atoms with Crippen LogP contribution in [0, 0.1) is 0 Å². The molecular weight excluding hydrogens is 188 g/mol. The predicted molar refractivity (Wildman–Crippen MR) is 62.1 cm³/mol. The fourth-order valence-corrected chi connectivity index (χ4v) is 1.34. The van der Waals surface area contributed by atoms with Gasteiger partial charge in [0.1, 0.15) is 5.82 Å². The Kier molecular flexibility index (Phi) is 3.37. The van der Waals surface area contributed by atoms with E-state index in [-0.39, 0.29) is 0 Å².